The van der Waals surface area contributed by atoms with Crippen LogP contribution in [0.1, 0.15) is 38.2 Å². The van der Waals surface area contributed by atoms with Crippen molar-refractivity contribution in [3.63, 3.8) is 0 Å². The molecule has 5 rings (SSSR count). The van der Waals surface area contributed by atoms with Crippen LogP contribution in [0.5, 0.6) is 0 Å². The summed E-state index contributed by atoms with van der Waals surface area (Å²) in [6.07, 6.45) is 0.716. The van der Waals surface area contributed by atoms with Gasteiger partial charge in [-0.15, -0.1) is 10.2 Å². The zero-order chi connectivity index (χ0) is 25.8. The second-order valence-electron chi connectivity index (χ2n) is 8.07. The number of nitrogens with one attached hydrogen (secondary N) is 1. The molecule has 11 heteroatoms. The highest BCUT2D eigenvalue weighted by atomic mass is 32.1. The van der Waals surface area contributed by atoms with E-state index in [0.29, 0.717) is 29.2 Å². The molecule has 0 spiro atoms. The number of aromatic amines is 1. The van der Waals surface area contributed by atoms with Crippen LogP contribution >= 0.6 is 11.3 Å². The second-order valence-corrected chi connectivity index (χ2v) is 9.11. The molecule has 0 aliphatic rings. The molecule has 37 heavy (non-hydrogen) atoms. The van der Waals surface area contributed by atoms with Crippen LogP contribution in [-0.2, 0) is 13.0 Å². The molecule has 0 unspecified atom stereocenters. The molecule has 0 atom stereocenters. The van der Waals surface area contributed by atoms with E-state index in [9.17, 15) is 9.59 Å². The summed E-state index contributed by atoms with van der Waals surface area (Å²) in [6, 6.07) is 21.6. The average molecular weight is 512 g/mol. The number of hydrogen-bond acceptors (Lipinski definition) is 7. The van der Waals surface area contributed by atoms with Gasteiger partial charge < -0.3 is 5.11 Å². The zero-order valence-corrected chi connectivity index (χ0v) is 20.5. The van der Waals surface area contributed by atoms with Gasteiger partial charge in [0.2, 0.25) is 10.6 Å². The summed E-state index contributed by atoms with van der Waals surface area (Å²) >= 11 is 1.36. The van der Waals surface area contributed by atoms with Gasteiger partial charge in [-0.2, -0.15) is 15.3 Å². The van der Waals surface area contributed by atoms with E-state index in [4.69, 9.17) is 5.11 Å². The number of carbonyl (C=O) groups is 2. The summed E-state index contributed by atoms with van der Waals surface area (Å²) in [6.45, 7) is 2.43. The summed E-state index contributed by atoms with van der Waals surface area (Å²) in [5.41, 5.74) is 4.29. The Morgan fingerprint density at radius 1 is 0.973 bits per heavy atom. The smallest absolute Gasteiger partial charge is 0.335 e. The first-order chi connectivity index (χ1) is 18.0. The van der Waals surface area contributed by atoms with Crippen LogP contribution in [-0.4, -0.2) is 47.4 Å². The Hall–Kier alpha value is -4.77. The maximum atomic E-state index is 12.8. The number of aryl methyl sites for hydroxylation is 1. The molecule has 0 aliphatic heterocycles. The van der Waals surface area contributed by atoms with E-state index in [1.165, 1.54) is 35.6 Å². The fourth-order valence-corrected chi connectivity index (χ4v) is 4.59. The molecule has 2 aromatic heterocycles. The topological polar surface area (TPSA) is 139 Å². The first-order valence-electron chi connectivity index (χ1n) is 11.4. The van der Waals surface area contributed by atoms with Crippen molar-refractivity contribution in [3.8, 4) is 22.5 Å². The third-order valence-corrected chi connectivity index (χ3v) is 6.74. The van der Waals surface area contributed by atoms with Crippen LogP contribution < -0.4 is 4.80 Å². The number of carboxylic acid groups (broad SMARTS) is 1. The number of carboxylic acids is 1. The zero-order valence-electron chi connectivity index (χ0n) is 19.7. The number of carbonyl (C=O) groups excluding carboxylic acids is 1. The van der Waals surface area contributed by atoms with Crippen molar-refractivity contribution in [1.29, 1.82) is 0 Å². The molecule has 2 heterocycles. The van der Waals surface area contributed by atoms with Crippen LogP contribution in [0.15, 0.2) is 77.8 Å². The lowest BCUT2D eigenvalue weighted by Crippen LogP contribution is -2.19. The Morgan fingerprint density at radius 2 is 1.68 bits per heavy atom. The summed E-state index contributed by atoms with van der Waals surface area (Å²) in [7, 11) is 0. The monoisotopic (exact) mass is 511 g/mol. The van der Waals surface area contributed by atoms with Gasteiger partial charge in [0, 0.05) is 11.1 Å². The average Bonchev–Trinajstić information content (AvgIpc) is 3.60. The van der Waals surface area contributed by atoms with Crippen LogP contribution in [0.25, 0.3) is 22.5 Å². The molecular formula is C26H21N7O3S. The van der Waals surface area contributed by atoms with Gasteiger partial charge in [0.05, 0.1) is 12.1 Å². The summed E-state index contributed by atoms with van der Waals surface area (Å²) in [5.74, 6) is -0.975. The highest BCUT2D eigenvalue weighted by Crippen LogP contribution is 2.29. The number of benzene rings is 3. The van der Waals surface area contributed by atoms with Crippen LogP contribution in [0.4, 0.5) is 0 Å². The number of rotatable bonds is 7. The lowest BCUT2D eigenvalue weighted by Gasteiger charge is -2.08. The van der Waals surface area contributed by atoms with Crippen molar-refractivity contribution in [1.82, 2.24) is 30.4 Å². The predicted octanol–water partition coefficient (Wildman–Crippen LogP) is 3.84. The predicted molar refractivity (Wildman–Crippen MR) is 137 cm³/mol. The quantitative estimate of drug-likeness (QED) is 0.338. The molecule has 0 saturated heterocycles. The number of aromatic nitrogens is 6. The number of nitrogens with zero attached hydrogens (tertiary/aromatic N) is 6. The SMILES string of the molecule is CCc1nn(Cc2ccc(-c3ccccc3-c3nn[nH]n3)cc2)c(=NC(=O)c2ccc(C(=O)O)cc2)s1. The Kier molecular flexibility index (Phi) is 6.77. The van der Waals surface area contributed by atoms with E-state index in [2.05, 4.69) is 30.7 Å². The van der Waals surface area contributed by atoms with Crippen LogP contribution in [0.2, 0.25) is 0 Å². The Balaban J connectivity index is 1.41. The molecule has 0 saturated carbocycles. The lowest BCUT2D eigenvalue weighted by atomic mass is 9.98. The minimum Gasteiger partial charge on any atom is -0.478 e. The largest absolute Gasteiger partial charge is 0.478 e. The van der Waals surface area contributed by atoms with E-state index in [1.807, 2.05) is 55.5 Å². The van der Waals surface area contributed by atoms with Gasteiger partial charge in [-0.25, -0.2) is 9.48 Å². The normalized spacial score (nSPS) is 11.5. The molecule has 0 fully saturated rings. The van der Waals surface area contributed by atoms with Crippen molar-refractivity contribution in [3.05, 3.63) is 99.3 Å². The van der Waals surface area contributed by atoms with Gasteiger partial charge in [0.15, 0.2) is 0 Å². The maximum Gasteiger partial charge on any atom is 0.335 e. The molecular weight excluding hydrogens is 490 g/mol. The van der Waals surface area contributed by atoms with E-state index in [1.54, 1.807) is 4.68 Å². The molecule has 3 aromatic carbocycles. The van der Waals surface area contributed by atoms with Gasteiger partial charge in [-0.3, -0.25) is 4.79 Å². The number of amides is 1. The number of hydrogen-bond donors (Lipinski definition) is 2. The summed E-state index contributed by atoms with van der Waals surface area (Å²) in [4.78, 5) is 28.6. The van der Waals surface area contributed by atoms with Gasteiger partial charge >= 0.3 is 5.97 Å². The van der Waals surface area contributed by atoms with E-state index >= 15 is 0 Å². The number of tetrazole rings is 1. The molecule has 184 valence electrons. The van der Waals surface area contributed by atoms with Gasteiger partial charge in [-0.05, 0) is 52.6 Å². The van der Waals surface area contributed by atoms with Gasteiger partial charge in [0.1, 0.15) is 5.01 Å². The molecule has 0 radical (unpaired) electrons. The molecule has 10 nitrogen and oxygen atoms in total. The fourth-order valence-electron chi connectivity index (χ4n) is 3.76. The van der Waals surface area contributed by atoms with Gasteiger partial charge in [-0.1, -0.05) is 66.8 Å². The van der Waals surface area contributed by atoms with Crippen LogP contribution in [0, 0.1) is 0 Å². The first-order valence-corrected chi connectivity index (χ1v) is 12.2. The number of H-pyrrole nitrogens is 1. The fraction of sp³-hybridized carbons (Fsp3) is 0.115. The van der Waals surface area contributed by atoms with Crippen molar-refractivity contribution in [2.45, 2.75) is 19.9 Å². The first kappa shape index (κ1) is 23.9. The molecule has 0 bridgehead atoms. The maximum absolute atomic E-state index is 12.8. The highest BCUT2D eigenvalue weighted by Gasteiger charge is 2.12. The molecule has 0 aliphatic carbocycles. The van der Waals surface area contributed by atoms with Crippen molar-refractivity contribution < 1.29 is 14.7 Å². The van der Waals surface area contributed by atoms with E-state index in [-0.39, 0.29) is 5.56 Å². The molecule has 2 N–H and O–H groups in total. The standard InChI is InChI=1S/C26H21N7O3S/c1-2-22-30-33(26(37-22)27-24(34)18-11-13-19(14-12-18)25(35)36)15-16-7-9-17(10-8-16)20-5-3-4-6-21(20)23-28-31-32-29-23/h3-14H,2,15H2,1H3,(H,35,36)(H,28,29,31,32). The lowest BCUT2D eigenvalue weighted by molar-refractivity contribution is 0.0696. The van der Waals surface area contributed by atoms with E-state index < -0.39 is 11.9 Å². The summed E-state index contributed by atoms with van der Waals surface area (Å²) in [5, 5.41) is 28.9. The Bertz CT molecular complexity index is 1620. The molecule has 1 amide bonds. The Labute approximate surface area is 215 Å². The summed E-state index contributed by atoms with van der Waals surface area (Å²) < 4.78 is 1.72. The minimum atomic E-state index is -1.05. The third kappa shape index (κ3) is 5.26. The van der Waals surface area contributed by atoms with Crippen molar-refractivity contribution in [2.75, 3.05) is 0 Å². The minimum absolute atomic E-state index is 0.112. The van der Waals surface area contributed by atoms with Gasteiger partial charge in [0.25, 0.3) is 5.91 Å². The highest BCUT2D eigenvalue weighted by molar-refractivity contribution is 7.08. The second kappa shape index (κ2) is 10.5. The van der Waals surface area contributed by atoms with Crippen molar-refractivity contribution in [2.24, 2.45) is 4.99 Å². The van der Waals surface area contributed by atoms with Crippen molar-refractivity contribution >= 4 is 23.2 Å². The Morgan fingerprint density at radius 3 is 2.32 bits per heavy atom. The van der Waals surface area contributed by atoms with Crippen LogP contribution in [0.3, 0.4) is 0 Å². The third-order valence-electron chi connectivity index (χ3n) is 5.65. The molecule has 5 aromatic rings. The number of aromatic carboxylic acids is 1. The van der Waals surface area contributed by atoms with E-state index in [0.717, 1.165) is 27.3 Å².